The van der Waals surface area contributed by atoms with Crippen molar-refractivity contribution in [2.24, 2.45) is 0 Å². The molecule has 0 bridgehead atoms. The molecule has 36 heavy (non-hydrogen) atoms. The molecule has 1 aromatic heterocycles. The number of nitrogens with one attached hydrogen (secondary N) is 2. The van der Waals surface area contributed by atoms with Gasteiger partial charge in [-0.25, -0.2) is 14.6 Å². The van der Waals surface area contributed by atoms with Crippen molar-refractivity contribution in [3.05, 3.63) is 64.8 Å². The first-order valence-electron chi connectivity index (χ1n) is 11.7. The molecule has 2 unspecified atom stereocenters. The molecular weight excluding hydrogens is 518 g/mol. The number of carbonyl (C=O) groups excluding carboxylic acids is 2. The Morgan fingerprint density at radius 1 is 1.19 bits per heavy atom. The SMILES string of the molecule is Cc1nc(NC(=O)NC(Cc2ccccc2)C(=O)OC2CCCC2)sc1-c1ccc(Cl)c(S(C)=O)c1. The van der Waals surface area contributed by atoms with Crippen molar-refractivity contribution in [2.45, 2.75) is 56.1 Å². The second-order valence-electron chi connectivity index (χ2n) is 8.72. The summed E-state index contributed by atoms with van der Waals surface area (Å²) in [6.45, 7) is 1.84. The Bertz CT molecular complexity index is 1260. The summed E-state index contributed by atoms with van der Waals surface area (Å²) in [5, 5.41) is 6.35. The van der Waals surface area contributed by atoms with Gasteiger partial charge in [-0.1, -0.05) is 59.3 Å². The van der Waals surface area contributed by atoms with Crippen LogP contribution in [0.4, 0.5) is 9.93 Å². The second kappa shape index (κ2) is 12.0. The number of nitrogens with zero attached hydrogens (tertiary/aromatic N) is 1. The van der Waals surface area contributed by atoms with Gasteiger partial charge in [0.25, 0.3) is 0 Å². The maximum Gasteiger partial charge on any atom is 0.329 e. The average molecular weight is 546 g/mol. The number of aromatic nitrogens is 1. The van der Waals surface area contributed by atoms with Gasteiger partial charge in [-0.3, -0.25) is 9.53 Å². The lowest BCUT2D eigenvalue weighted by Crippen LogP contribution is -2.46. The van der Waals surface area contributed by atoms with Crippen molar-refractivity contribution in [1.29, 1.82) is 0 Å². The molecule has 1 fully saturated rings. The van der Waals surface area contributed by atoms with Gasteiger partial charge in [-0.15, -0.1) is 0 Å². The molecular formula is C26H28ClN3O4S2. The Morgan fingerprint density at radius 3 is 2.61 bits per heavy atom. The van der Waals surface area contributed by atoms with E-state index in [-0.39, 0.29) is 6.10 Å². The minimum atomic E-state index is -1.24. The van der Waals surface area contributed by atoms with Crippen molar-refractivity contribution < 1.29 is 18.5 Å². The highest BCUT2D eigenvalue weighted by atomic mass is 35.5. The number of esters is 1. The van der Waals surface area contributed by atoms with Gasteiger partial charge in [0.2, 0.25) is 0 Å². The van der Waals surface area contributed by atoms with Crippen molar-refractivity contribution in [3.8, 4) is 10.4 Å². The molecule has 1 aliphatic rings. The molecule has 0 spiro atoms. The highest BCUT2D eigenvalue weighted by molar-refractivity contribution is 7.84. The zero-order chi connectivity index (χ0) is 25.7. The number of hydrogen-bond acceptors (Lipinski definition) is 6. The molecule has 2 atom stereocenters. The highest BCUT2D eigenvalue weighted by Gasteiger charge is 2.27. The van der Waals surface area contributed by atoms with E-state index in [4.69, 9.17) is 16.3 Å². The Labute approximate surface area is 222 Å². The number of amides is 2. The van der Waals surface area contributed by atoms with Crippen LogP contribution in [-0.4, -0.2) is 39.6 Å². The van der Waals surface area contributed by atoms with Crippen LogP contribution in [0.25, 0.3) is 10.4 Å². The molecule has 3 aromatic rings. The quantitative estimate of drug-likeness (QED) is 0.352. The minimum absolute atomic E-state index is 0.0912. The number of carbonyl (C=O) groups is 2. The molecule has 2 amide bonds. The fraction of sp³-hybridized carbons (Fsp3) is 0.346. The maximum absolute atomic E-state index is 12.9. The lowest BCUT2D eigenvalue weighted by molar-refractivity contribution is -0.151. The van der Waals surface area contributed by atoms with Crippen LogP contribution in [0.2, 0.25) is 5.02 Å². The normalized spacial score (nSPS) is 15.3. The first kappa shape index (κ1) is 26.3. The van der Waals surface area contributed by atoms with E-state index >= 15 is 0 Å². The summed E-state index contributed by atoms with van der Waals surface area (Å²) in [5.74, 6) is -0.432. The van der Waals surface area contributed by atoms with Crippen LogP contribution in [-0.2, 0) is 26.8 Å². The smallest absolute Gasteiger partial charge is 0.329 e. The van der Waals surface area contributed by atoms with Crippen molar-refractivity contribution in [1.82, 2.24) is 10.3 Å². The van der Waals surface area contributed by atoms with Crippen LogP contribution in [0.3, 0.4) is 0 Å². The molecule has 10 heteroatoms. The zero-order valence-corrected chi connectivity index (χ0v) is 22.5. The van der Waals surface area contributed by atoms with Gasteiger partial charge in [-0.2, -0.15) is 0 Å². The first-order chi connectivity index (χ1) is 17.3. The summed E-state index contributed by atoms with van der Waals surface area (Å²) in [6, 6.07) is 13.5. The minimum Gasteiger partial charge on any atom is -0.461 e. The molecule has 0 aliphatic heterocycles. The number of benzene rings is 2. The molecule has 2 aromatic carbocycles. The van der Waals surface area contributed by atoms with Crippen molar-refractivity contribution in [3.63, 3.8) is 0 Å². The topological polar surface area (TPSA) is 97.4 Å². The Morgan fingerprint density at radius 2 is 1.92 bits per heavy atom. The summed E-state index contributed by atoms with van der Waals surface area (Å²) < 4.78 is 17.7. The summed E-state index contributed by atoms with van der Waals surface area (Å²) >= 11 is 7.46. The monoisotopic (exact) mass is 545 g/mol. The van der Waals surface area contributed by atoms with Gasteiger partial charge >= 0.3 is 12.0 Å². The van der Waals surface area contributed by atoms with Crippen LogP contribution in [0.5, 0.6) is 0 Å². The van der Waals surface area contributed by atoms with Crippen LogP contribution in [0.15, 0.2) is 53.4 Å². The van der Waals surface area contributed by atoms with Crippen molar-refractivity contribution >= 4 is 50.9 Å². The predicted octanol–water partition coefficient (Wildman–Crippen LogP) is 5.73. The van der Waals surface area contributed by atoms with E-state index < -0.39 is 28.8 Å². The molecule has 190 valence electrons. The summed E-state index contributed by atoms with van der Waals surface area (Å²) in [4.78, 5) is 31.6. The molecule has 7 nitrogen and oxygen atoms in total. The number of ether oxygens (including phenoxy) is 1. The lowest BCUT2D eigenvalue weighted by atomic mass is 10.1. The van der Waals surface area contributed by atoms with Gasteiger partial charge in [-0.05, 0) is 55.9 Å². The summed E-state index contributed by atoms with van der Waals surface area (Å²) in [7, 11) is -1.24. The van der Waals surface area contributed by atoms with E-state index in [1.165, 1.54) is 11.3 Å². The van der Waals surface area contributed by atoms with Gasteiger partial charge in [0.15, 0.2) is 5.13 Å². The fourth-order valence-electron chi connectivity index (χ4n) is 4.17. The fourth-order valence-corrected chi connectivity index (χ4v) is 6.21. The number of halogens is 1. The standard InChI is InChI=1S/C26H28ClN3O4S2/c1-16-23(18-12-13-20(27)22(15-18)36(2)33)35-26(28-16)30-25(32)29-21(14-17-8-4-3-5-9-17)24(31)34-19-10-6-7-11-19/h3-5,8-9,12-13,15,19,21H,6-7,10-11,14H2,1-2H3,(H2,28,29,30,32). The number of hydrogen-bond donors (Lipinski definition) is 2. The van der Waals surface area contributed by atoms with Crippen LogP contribution in [0, 0.1) is 6.92 Å². The second-order valence-corrected chi connectivity index (χ2v) is 11.5. The number of rotatable bonds is 8. The van der Waals surface area contributed by atoms with Crippen LogP contribution < -0.4 is 10.6 Å². The number of anilines is 1. The third kappa shape index (κ3) is 6.72. The first-order valence-corrected chi connectivity index (χ1v) is 14.5. The molecule has 2 N–H and O–H groups in total. The maximum atomic E-state index is 12.9. The van der Waals surface area contributed by atoms with E-state index in [0.29, 0.717) is 27.2 Å². The highest BCUT2D eigenvalue weighted by Crippen LogP contribution is 2.35. The molecule has 0 saturated heterocycles. The van der Waals surface area contributed by atoms with Gasteiger partial charge in [0.1, 0.15) is 12.1 Å². The summed E-state index contributed by atoms with van der Waals surface area (Å²) in [5.41, 5.74) is 2.45. The van der Waals surface area contributed by atoms with Crippen LogP contribution in [0.1, 0.15) is 36.9 Å². The van der Waals surface area contributed by atoms with Crippen molar-refractivity contribution in [2.75, 3.05) is 11.6 Å². The number of thiazole rings is 1. The van der Waals surface area contributed by atoms with Gasteiger partial charge in [0, 0.05) is 12.7 Å². The summed E-state index contributed by atoms with van der Waals surface area (Å²) in [6.07, 6.45) is 5.61. The zero-order valence-electron chi connectivity index (χ0n) is 20.1. The molecule has 1 heterocycles. The van der Waals surface area contributed by atoms with Crippen LogP contribution >= 0.6 is 22.9 Å². The number of urea groups is 1. The van der Waals surface area contributed by atoms with Gasteiger partial charge in [0.05, 0.1) is 31.3 Å². The van der Waals surface area contributed by atoms with E-state index in [1.54, 1.807) is 18.4 Å². The molecule has 0 radical (unpaired) electrons. The number of aryl methyl sites for hydroxylation is 1. The Hall–Kier alpha value is -2.75. The van der Waals surface area contributed by atoms with E-state index in [9.17, 15) is 13.8 Å². The third-order valence-electron chi connectivity index (χ3n) is 5.98. The lowest BCUT2D eigenvalue weighted by Gasteiger charge is -2.20. The average Bonchev–Trinajstić information content (AvgIpc) is 3.48. The third-order valence-corrected chi connectivity index (χ3v) is 8.50. The Balaban J connectivity index is 1.47. The molecule has 1 saturated carbocycles. The largest absolute Gasteiger partial charge is 0.461 e. The van der Waals surface area contributed by atoms with E-state index in [0.717, 1.165) is 41.7 Å². The molecule has 4 rings (SSSR count). The molecule has 1 aliphatic carbocycles. The van der Waals surface area contributed by atoms with E-state index in [2.05, 4.69) is 15.6 Å². The van der Waals surface area contributed by atoms with E-state index in [1.807, 2.05) is 43.3 Å². The Kier molecular flexibility index (Phi) is 8.77. The predicted molar refractivity (Wildman–Crippen MR) is 144 cm³/mol. The van der Waals surface area contributed by atoms with Gasteiger partial charge < -0.3 is 10.1 Å².